The van der Waals surface area contributed by atoms with Gasteiger partial charge >= 0.3 is 17.4 Å². The fourth-order valence-corrected chi connectivity index (χ4v) is 1.53. The zero-order valence-electron chi connectivity index (χ0n) is 8.98. The maximum Gasteiger partial charge on any atom is 0.419 e. The average Bonchev–Trinajstić information content (AvgIpc) is 2.28. The summed E-state index contributed by atoms with van der Waals surface area (Å²) in [6, 6.07) is 4.50. The van der Waals surface area contributed by atoms with Gasteiger partial charge in [-0.25, -0.2) is 14.4 Å². The number of ether oxygens (including phenoxy) is 1. The van der Waals surface area contributed by atoms with E-state index in [0.717, 1.165) is 0 Å². The van der Waals surface area contributed by atoms with Gasteiger partial charge in [0.15, 0.2) is 0 Å². The summed E-state index contributed by atoms with van der Waals surface area (Å²) in [7, 11) is 0. The van der Waals surface area contributed by atoms with Gasteiger partial charge in [-0.3, -0.25) is 4.98 Å². The second-order valence-corrected chi connectivity index (χ2v) is 3.25. The average molecular weight is 235 g/mol. The SMILES string of the molecule is CCOC(=O)c1cccc2[nH]c(=O)oc(=O)c12. The number of aromatic nitrogens is 1. The molecule has 0 spiro atoms. The maximum atomic E-state index is 11.6. The van der Waals surface area contributed by atoms with Crippen LogP contribution in [0.4, 0.5) is 0 Å². The number of rotatable bonds is 2. The van der Waals surface area contributed by atoms with Crippen LogP contribution in [0.1, 0.15) is 17.3 Å². The van der Waals surface area contributed by atoms with Crippen LogP contribution in [0.25, 0.3) is 10.9 Å². The molecule has 0 aliphatic rings. The maximum absolute atomic E-state index is 11.6. The molecule has 88 valence electrons. The summed E-state index contributed by atoms with van der Waals surface area (Å²) in [5.41, 5.74) is -0.529. The van der Waals surface area contributed by atoms with Crippen molar-refractivity contribution in [3.63, 3.8) is 0 Å². The molecule has 0 amide bonds. The van der Waals surface area contributed by atoms with Crippen LogP contribution in [0.2, 0.25) is 0 Å². The minimum absolute atomic E-state index is 0.0190. The molecule has 17 heavy (non-hydrogen) atoms. The lowest BCUT2D eigenvalue weighted by Crippen LogP contribution is -2.17. The lowest BCUT2D eigenvalue weighted by Gasteiger charge is -2.03. The van der Waals surface area contributed by atoms with Crippen LogP contribution >= 0.6 is 0 Å². The molecule has 0 unspecified atom stereocenters. The van der Waals surface area contributed by atoms with E-state index >= 15 is 0 Å². The Hall–Kier alpha value is -2.37. The summed E-state index contributed by atoms with van der Waals surface area (Å²) in [6.07, 6.45) is 0. The lowest BCUT2D eigenvalue weighted by molar-refractivity contribution is 0.0528. The van der Waals surface area contributed by atoms with Crippen molar-refractivity contribution in [2.24, 2.45) is 0 Å². The van der Waals surface area contributed by atoms with Gasteiger partial charge in [0.2, 0.25) is 0 Å². The third-order valence-electron chi connectivity index (χ3n) is 2.19. The summed E-state index contributed by atoms with van der Waals surface area (Å²) in [4.78, 5) is 36.4. The van der Waals surface area contributed by atoms with Gasteiger partial charge in [-0.15, -0.1) is 0 Å². The molecule has 6 heteroatoms. The molecule has 1 aromatic carbocycles. The number of benzene rings is 1. The fourth-order valence-electron chi connectivity index (χ4n) is 1.53. The summed E-state index contributed by atoms with van der Waals surface area (Å²) in [6.45, 7) is 1.86. The number of hydrogen-bond acceptors (Lipinski definition) is 5. The molecule has 0 bridgehead atoms. The molecule has 2 rings (SSSR count). The first-order chi connectivity index (χ1) is 8.13. The third-order valence-corrected chi connectivity index (χ3v) is 2.19. The van der Waals surface area contributed by atoms with Gasteiger partial charge < -0.3 is 9.15 Å². The quantitative estimate of drug-likeness (QED) is 0.772. The first kappa shape index (κ1) is 11.1. The molecule has 1 aromatic heterocycles. The second kappa shape index (κ2) is 4.25. The minimum atomic E-state index is -0.858. The number of esters is 1. The molecule has 0 saturated heterocycles. The van der Waals surface area contributed by atoms with Crippen molar-refractivity contribution >= 4 is 16.9 Å². The number of carbonyl (C=O) groups excluding carboxylic acids is 1. The van der Waals surface area contributed by atoms with E-state index in [1.165, 1.54) is 12.1 Å². The summed E-state index contributed by atoms with van der Waals surface area (Å²) in [5.74, 6) is -1.49. The predicted molar refractivity (Wildman–Crippen MR) is 59.1 cm³/mol. The van der Waals surface area contributed by atoms with E-state index < -0.39 is 17.4 Å². The number of nitrogens with one attached hydrogen (secondary N) is 1. The molecule has 1 heterocycles. The molecule has 0 radical (unpaired) electrons. The van der Waals surface area contributed by atoms with Crippen LogP contribution in [0.5, 0.6) is 0 Å². The van der Waals surface area contributed by atoms with E-state index in [1.807, 2.05) is 0 Å². The molecule has 0 aliphatic heterocycles. The van der Waals surface area contributed by atoms with Crippen molar-refractivity contribution in [1.29, 1.82) is 0 Å². The Morgan fingerprint density at radius 2 is 2.18 bits per heavy atom. The van der Waals surface area contributed by atoms with E-state index in [1.54, 1.807) is 13.0 Å². The number of H-pyrrole nitrogens is 1. The van der Waals surface area contributed by atoms with Gasteiger partial charge in [-0.05, 0) is 19.1 Å². The highest BCUT2D eigenvalue weighted by Gasteiger charge is 2.15. The van der Waals surface area contributed by atoms with Gasteiger partial charge in [-0.1, -0.05) is 6.07 Å². The van der Waals surface area contributed by atoms with E-state index in [2.05, 4.69) is 9.40 Å². The van der Waals surface area contributed by atoms with Crippen molar-refractivity contribution in [2.45, 2.75) is 6.92 Å². The number of fused-ring (bicyclic) bond motifs is 1. The fraction of sp³-hybridized carbons (Fsp3) is 0.182. The summed E-state index contributed by atoms with van der Waals surface area (Å²) >= 11 is 0. The van der Waals surface area contributed by atoms with Crippen LogP contribution in [-0.2, 0) is 4.74 Å². The molecule has 6 nitrogen and oxygen atoms in total. The Bertz CT molecular complexity index is 682. The van der Waals surface area contributed by atoms with Crippen molar-refractivity contribution in [3.05, 3.63) is 44.7 Å². The van der Waals surface area contributed by atoms with Crippen LogP contribution in [0.15, 0.2) is 32.2 Å². The molecule has 0 aliphatic carbocycles. The van der Waals surface area contributed by atoms with Crippen molar-refractivity contribution in [2.75, 3.05) is 6.61 Å². The van der Waals surface area contributed by atoms with Crippen molar-refractivity contribution < 1.29 is 13.9 Å². The van der Waals surface area contributed by atoms with Gasteiger partial charge in [0.25, 0.3) is 0 Å². The smallest absolute Gasteiger partial charge is 0.419 e. The zero-order valence-corrected chi connectivity index (χ0v) is 8.98. The monoisotopic (exact) mass is 235 g/mol. The van der Waals surface area contributed by atoms with E-state index in [0.29, 0.717) is 0 Å². The number of hydrogen-bond donors (Lipinski definition) is 1. The Morgan fingerprint density at radius 3 is 2.88 bits per heavy atom. The number of aromatic amines is 1. The highest BCUT2D eigenvalue weighted by atomic mass is 16.5. The van der Waals surface area contributed by atoms with Gasteiger partial charge in [-0.2, -0.15) is 0 Å². The molecule has 0 fully saturated rings. The lowest BCUT2D eigenvalue weighted by atomic mass is 10.1. The van der Waals surface area contributed by atoms with Crippen LogP contribution < -0.4 is 11.4 Å². The highest BCUT2D eigenvalue weighted by molar-refractivity contribution is 6.02. The normalized spacial score (nSPS) is 10.4. The predicted octanol–water partition coefficient (Wildman–Crippen LogP) is 0.658. The summed E-state index contributed by atoms with van der Waals surface area (Å²) < 4.78 is 9.19. The molecule has 1 N–H and O–H groups in total. The zero-order chi connectivity index (χ0) is 12.4. The van der Waals surface area contributed by atoms with E-state index in [-0.39, 0.29) is 23.1 Å². The largest absolute Gasteiger partial charge is 0.462 e. The van der Waals surface area contributed by atoms with Crippen molar-refractivity contribution in [1.82, 2.24) is 4.98 Å². The Kier molecular flexibility index (Phi) is 2.78. The van der Waals surface area contributed by atoms with Crippen LogP contribution in [0.3, 0.4) is 0 Å². The molecule has 2 aromatic rings. The summed E-state index contributed by atoms with van der Waals surface area (Å²) in [5, 5.41) is 0.0190. The molecular formula is C11H9NO5. The van der Waals surface area contributed by atoms with Crippen LogP contribution in [-0.4, -0.2) is 17.6 Å². The topological polar surface area (TPSA) is 89.4 Å². The van der Waals surface area contributed by atoms with Crippen molar-refractivity contribution in [3.8, 4) is 0 Å². The molecule has 0 atom stereocenters. The van der Waals surface area contributed by atoms with Gasteiger partial charge in [0, 0.05) is 0 Å². The first-order valence-electron chi connectivity index (χ1n) is 4.96. The van der Waals surface area contributed by atoms with Gasteiger partial charge in [0.1, 0.15) is 0 Å². The Balaban J connectivity index is 2.78. The first-order valence-corrected chi connectivity index (χ1v) is 4.96. The Morgan fingerprint density at radius 1 is 1.41 bits per heavy atom. The third kappa shape index (κ3) is 1.96. The second-order valence-electron chi connectivity index (χ2n) is 3.25. The molecular weight excluding hydrogens is 226 g/mol. The standard InChI is InChI=1S/C11H9NO5/c1-2-16-9(13)6-4-3-5-7-8(6)10(14)17-11(15)12-7/h3-5H,2H2,1H3,(H,12,15). The van der Waals surface area contributed by atoms with E-state index in [9.17, 15) is 14.4 Å². The Labute approximate surface area is 94.8 Å². The van der Waals surface area contributed by atoms with Gasteiger partial charge in [0.05, 0.1) is 23.1 Å². The molecule has 0 saturated carbocycles. The van der Waals surface area contributed by atoms with E-state index in [4.69, 9.17) is 4.74 Å². The number of carbonyl (C=O) groups is 1. The van der Waals surface area contributed by atoms with Crippen LogP contribution in [0, 0.1) is 0 Å². The minimum Gasteiger partial charge on any atom is -0.462 e. The highest BCUT2D eigenvalue weighted by Crippen LogP contribution is 2.12.